The molecule has 0 aliphatic carbocycles. The van der Waals surface area contributed by atoms with Crippen LogP contribution in [0.1, 0.15) is 23.6 Å². The zero-order valence-electron chi connectivity index (χ0n) is 9.05. The number of allylic oxidation sites excluding steroid dienone is 1. The van der Waals surface area contributed by atoms with Crippen molar-refractivity contribution in [2.75, 3.05) is 0 Å². The van der Waals surface area contributed by atoms with E-state index in [1.165, 1.54) is 11.1 Å². The summed E-state index contributed by atoms with van der Waals surface area (Å²) in [4.78, 5) is 11.4. The standard InChI is InChI=1S/C13H16O/c1-9(2)13(14)8-12-6-10(3)5-11(4)7-12/h5-7H,1,8H2,2-4H3. The van der Waals surface area contributed by atoms with Gasteiger partial charge in [-0.1, -0.05) is 35.9 Å². The molecule has 1 nitrogen and oxygen atoms in total. The maximum atomic E-state index is 11.4. The summed E-state index contributed by atoms with van der Waals surface area (Å²) in [6, 6.07) is 6.20. The van der Waals surface area contributed by atoms with Gasteiger partial charge in [-0.05, 0) is 31.9 Å². The summed E-state index contributed by atoms with van der Waals surface area (Å²) in [5.41, 5.74) is 4.11. The van der Waals surface area contributed by atoms with Crippen molar-refractivity contribution in [1.29, 1.82) is 0 Å². The van der Waals surface area contributed by atoms with Gasteiger partial charge in [0, 0.05) is 6.42 Å². The van der Waals surface area contributed by atoms with Gasteiger partial charge < -0.3 is 0 Å². The second kappa shape index (κ2) is 4.23. The first kappa shape index (κ1) is 10.7. The largest absolute Gasteiger partial charge is 0.294 e. The molecular weight excluding hydrogens is 172 g/mol. The van der Waals surface area contributed by atoms with Crippen molar-refractivity contribution in [2.45, 2.75) is 27.2 Å². The van der Waals surface area contributed by atoms with Gasteiger partial charge in [0.2, 0.25) is 0 Å². The molecule has 0 saturated carbocycles. The minimum absolute atomic E-state index is 0.120. The third-order valence-electron chi connectivity index (χ3n) is 2.12. The monoisotopic (exact) mass is 188 g/mol. The highest BCUT2D eigenvalue weighted by molar-refractivity contribution is 5.95. The first-order valence-electron chi connectivity index (χ1n) is 4.75. The smallest absolute Gasteiger partial charge is 0.162 e. The van der Waals surface area contributed by atoms with E-state index in [0.29, 0.717) is 12.0 Å². The molecule has 0 aliphatic rings. The lowest BCUT2D eigenvalue weighted by Gasteiger charge is -2.04. The fourth-order valence-corrected chi connectivity index (χ4v) is 1.51. The molecule has 0 heterocycles. The fraction of sp³-hybridized carbons (Fsp3) is 0.308. The van der Waals surface area contributed by atoms with Crippen LogP contribution >= 0.6 is 0 Å². The highest BCUT2D eigenvalue weighted by atomic mass is 16.1. The molecule has 0 aromatic heterocycles. The molecule has 1 heteroatoms. The third-order valence-corrected chi connectivity index (χ3v) is 2.12. The van der Waals surface area contributed by atoms with E-state index in [0.717, 1.165) is 5.56 Å². The van der Waals surface area contributed by atoms with E-state index in [-0.39, 0.29) is 5.78 Å². The van der Waals surface area contributed by atoms with Crippen molar-refractivity contribution in [3.8, 4) is 0 Å². The van der Waals surface area contributed by atoms with Gasteiger partial charge in [-0.3, -0.25) is 4.79 Å². The lowest BCUT2D eigenvalue weighted by atomic mass is 10.0. The first-order chi connectivity index (χ1) is 6.49. The van der Waals surface area contributed by atoms with E-state index in [2.05, 4.69) is 12.6 Å². The number of Topliss-reactive ketones (excluding diaryl/α,β-unsaturated/α-hetero) is 1. The number of carbonyl (C=O) groups excluding carboxylic acids is 1. The van der Waals surface area contributed by atoms with Crippen molar-refractivity contribution in [3.63, 3.8) is 0 Å². The number of carbonyl (C=O) groups is 1. The van der Waals surface area contributed by atoms with Crippen molar-refractivity contribution in [1.82, 2.24) is 0 Å². The van der Waals surface area contributed by atoms with Gasteiger partial charge in [0.1, 0.15) is 0 Å². The molecule has 0 bridgehead atoms. The topological polar surface area (TPSA) is 17.1 Å². The summed E-state index contributed by atoms with van der Waals surface area (Å²) in [5.74, 6) is 0.120. The van der Waals surface area contributed by atoms with E-state index >= 15 is 0 Å². The maximum absolute atomic E-state index is 11.4. The zero-order valence-corrected chi connectivity index (χ0v) is 9.05. The SMILES string of the molecule is C=C(C)C(=O)Cc1cc(C)cc(C)c1. The van der Waals surface area contributed by atoms with Gasteiger partial charge in [0.05, 0.1) is 0 Å². The molecule has 1 aromatic rings. The van der Waals surface area contributed by atoms with Crippen LogP contribution in [0, 0.1) is 13.8 Å². The highest BCUT2D eigenvalue weighted by Crippen LogP contribution is 2.11. The Kier molecular flexibility index (Phi) is 3.23. The van der Waals surface area contributed by atoms with E-state index < -0.39 is 0 Å². The lowest BCUT2D eigenvalue weighted by Crippen LogP contribution is -2.03. The van der Waals surface area contributed by atoms with Crippen LogP contribution in [0.5, 0.6) is 0 Å². The van der Waals surface area contributed by atoms with Crippen LogP contribution < -0.4 is 0 Å². The summed E-state index contributed by atoms with van der Waals surface area (Å²) in [7, 11) is 0. The summed E-state index contributed by atoms with van der Waals surface area (Å²) >= 11 is 0. The normalized spacial score (nSPS) is 9.93. The van der Waals surface area contributed by atoms with Gasteiger partial charge in [0.15, 0.2) is 5.78 Å². The Labute approximate surface area is 85.5 Å². The van der Waals surface area contributed by atoms with Gasteiger partial charge in [-0.25, -0.2) is 0 Å². The minimum Gasteiger partial charge on any atom is -0.294 e. The average Bonchev–Trinajstić information content (AvgIpc) is 2.01. The van der Waals surface area contributed by atoms with E-state index in [1.54, 1.807) is 6.92 Å². The Morgan fingerprint density at radius 3 is 2.14 bits per heavy atom. The van der Waals surface area contributed by atoms with Crippen LogP contribution in [-0.2, 0) is 11.2 Å². The van der Waals surface area contributed by atoms with Gasteiger partial charge in [-0.2, -0.15) is 0 Å². The molecule has 74 valence electrons. The van der Waals surface area contributed by atoms with Crippen molar-refractivity contribution < 1.29 is 4.79 Å². The van der Waals surface area contributed by atoms with Crippen molar-refractivity contribution in [3.05, 3.63) is 47.0 Å². The van der Waals surface area contributed by atoms with Crippen LogP contribution in [-0.4, -0.2) is 5.78 Å². The number of ketones is 1. The van der Waals surface area contributed by atoms with Crippen LogP contribution in [0.4, 0.5) is 0 Å². The highest BCUT2D eigenvalue weighted by Gasteiger charge is 2.04. The molecule has 0 spiro atoms. The Morgan fingerprint density at radius 2 is 1.71 bits per heavy atom. The van der Waals surface area contributed by atoms with Gasteiger partial charge in [0.25, 0.3) is 0 Å². The predicted molar refractivity (Wildman–Crippen MR) is 59.4 cm³/mol. The van der Waals surface area contributed by atoms with Crippen molar-refractivity contribution >= 4 is 5.78 Å². The van der Waals surface area contributed by atoms with E-state index in [9.17, 15) is 4.79 Å². The molecule has 0 radical (unpaired) electrons. The Hall–Kier alpha value is -1.37. The molecule has 0 atom stereocenters. The van der Waals surface area contributed by atoms with Crippen LogP contribution in [0.3, 0.4) is 0 Å². The van der Waals surface area contributed by atoms with Crippen molar-refractivity contribution in [2.24, 2.45) is 0 Å². The number of aryl methyl sites for hydroxylation is 2. The molecule has 1 rings (SSSR count). The average molecular weight is 188 g/mol. The zero-order chi connectivity index (χ0) is 10.7. The second-order valence-corrected chi connectivity index (χ2v) is 3.88. The third kappa shape index (κ3) is 2.84. The Bertz CT molecular complexity index is 355. The molecule has 0 aliphatic heterocycles. The maximum Gasteiger partial charge on any atom is 0.162 e. The van der Waals surface area contributed by atoms with E-state index in [1.807, 2.05) is 26.0 Å². The summed E-state index contributed by atoms with van der Waals surface area (Å²) in [6.45, 7) is 9.49. The molecule has 0 fully saturated rings. The van der Waals surface area contributed by atoms with Gasteiger partial charge >= 0.3 is 0 Å². The molecule has 0 unspecified atom stereocenters. The number of hydrogen-bond donors (Lipinski definition) is 0. The lowest BCUT2D eigenvalue weighted by molar-refractivity contribution is -0.114. The number of benzene rings is 1. The molecule has 1 aromatic carbocycles. The number of rotatable bonds is 3. The van der Waals surface area contributed by atoms with Gasteiger partial charge in [-0.15, -0.1) is 0 Å². The quantitative estimate of drug-likeness (QED) is 0.666. The van der Waals surface area contributed by atoms with Crippen LogP contribution in [0.25, 0.3) is 0 Å². The molecule has 0 saturated heterocycles. The minimum atomic E-state index is 0.120. The van der Waals surface area contributed by atoms with Crippen LogP contribution in [0.2, 0.25) is 0 Å². The van der Waals surface area contributed by atoms with E-state index in [4.69, 9.17) is 0 Å². The molecule has 0 amide bonds. The summed E-state index contributed by atoms with van der Waals surface area (Å²) in [6.07, 6.45) is 0.470. The molecular formula is C13H16O. The second-order valence-electron chi connectivity index (χ2n) is 3.88. The number of hydrogen-bond acceptors (Lipinski definition) is 1. The first-order valence-corrected chi connectivity index (χ1v) is 4.75. The predicted octanol–water partition coefficient (Wildman–Crippen LogP) is 2.99. The summed E-state index contributed by atoms with van der Waals surface area (Å²) in [5, 5.41) is 0. The Balaban J connectivity index is 2.87. The summed E-state index contributed by atoms with van der Waals surface area (Å²) < 4.78 is 0. The molecule has 14 heavy (non-hydrogen) atoms. The fourth-order valence-electron chi connectivity index (χ4n) is 1.51. The van der Waals surface area contributed by atoms with Crippen LogP contribution in [0.15, 0.2) is 30.4 Å². The Morgan fingerprint density at radius 1 is 1.21 bits per heavy atom. The molecule has 0 N–H and O–H groups in total.